The summed E-state index contributed by atoms with van der Waals surface area (Å²) in [5.74, 6) is -0.589. The second-order valence-corrected chi connectivity index (χ2v) is 6.80. The van der Waals surface area contributed by atoms with Crippen LogP contribution >= 0.6 is 0 Å². The topological polar surface area (TPSA) is 109 Å². The van der Waals surface area contributed by atoms with Crippen molar-refractivity contribution >= 4 is 28.5 Å². The van der Waals surface area contributed by atoms with Crippen molar-refractivity contribution in [3.8, 4) is 11.3 Å². The van der Waals surface area contributed by atoms with Crippen LogP contribution in [0.5, 0.6) is 0 Å². The third-order valence-corrected chi connectivity index (χ3v) is 5.05. The number of nitro groups is 1. The number of nitrogens with zero attached hydrogens (tertiary/aromatic N) is 4. The summed E-state index contributed by atoms with van der Waals surface area (Å²) < 4.78 is 0. The number of hydrogen-bond acceptors (Lipinski definition) is 6. The number of fused-ring (bicyclic) bond motifs is 1. The highest BCUT2D eigenvalue weighted by atomic mass is 16.6. The van der Waals surface area contributed by atoms with Crippen molar-refractivity contribution in [2.75, 3.05) is 18.0 Å². The second-order valence-electron chi connectivity index (χ2n) is 6.80. The number of carboxylic acids is 1. The maximum Gasteiger partial charge on any atom is 0.306 e. The Morgan fingerprint density at radius 2 is 1.82 bits per heavy atom. The zero-order chi connectivity index (χ0) is 19.7. The molecule has 1 aliphatic heterocycles. The lowest BCUT2D eigenvalue weighted by Crippen LogP contribution is -2.37. The van der Waals surface area contributed by atoms with Gasteiger partial charge in [-0.1, -0.05) is 30.3 Å². The molecule has 0 amide bonds. The molecule has 0 radical (unpaired) electrons. The summed E-state index contributed by atoms with van der Waals surface area (Å²) in [6.07, 6.45) is 1.08. The van der Waals surface area contributed by atoms with Gasteiger partial charge in [-0.05, 0) is 18.9 Å². The molecule has 0 bridgehead atoms. The third kappa shape index (κ3) is 3.36. The molecular formula is C20H18N4O4. The molecule has 8 nitrogen and oxygen atoms in total. The predicted octanol–water partition coefficient (Wildman–Crippen LogP) is 3.51. The summed E-state index contributed by atoms with van der Waals surface area (Å²) in [5, 5.41) is 21.0. The Hall–Kier alpha value is -3.55. The Kier molecular flexibility index (Phi) is 4.60. The van der Waals surface area contributed by atoms with Gasteiger partial charge in [-0.3, -0.25) is 14.9 Å². The Bertz CT molecular complexity index is 1050. The van der Waals surface area contributed by atoms with Gasteiger partial charge in [0.1, 0.15) is 0 Å². The number of aliphatic carboxylic acids is 1. The molecule has 142 valence electrons. The Morgan fingerprint density at radius 1 is 1.11 bits per heavy atom. The number of carbonyl (C=O) groups is 1. The zero-order valence-corrected chi connectivity index (χ0v) is 15.0. The average molecular weight is 378 g/mol. The normalized spacial score (nSPS) is 14.9. The number of benzene rings is 2. The minimum atomic E-state index is -0.767. The Morgan fingerprint density at radius 3 is 2.46 bits per heavy atom. The molecule has 1 fully saturated rings. The minimum Gasteiger partial charge on any atom is -0.481 e. The lowest BCUT2D eigenvalue weighted by Gasteiger charge is -2.30. The van der Waals surface area contributed by atoms with E-state index in [1.807, 2.05) is 35.2 Å². The second kappa shape index (κ2) is 7.22. The van der Waals surface area contributed by atoms with Crippen LogP contribution < -0.4 is 4.90 Å². The molecule has 0 aliphatic carbocycles. The number of rotatable bonds is 4. The summed E-state index contributed by atoms with van der Waals surface area (Å²) >= 11 is 0. The van der Waals surface area contributed by atoms with E-state index in [0.717, 1.165) is 5.56 Å². The fraction of sp³-hybridized carbons (Fsp3) is 0.250. The van der Waals surface area contributed by atoms with Crippen molar-refractivity contribution in [2.24, 2.45) is 5.92 Å². The first-order valence-electron chi connectivity index (χ1n) is 9.02. The SMILES string of the molecule is O=C(O)C1CCN(c2nc(-c3ccccc3)c3cc([N+](=O)[O-])ccc3n2)CC1. The quantitative estimate of drug-likeness (QED) is 0.546. The van der Waals surface area contributed by atoms with Gasteiger partial charge in [-0.15, -0.1) is 0 Å². The lowest BCUT2D eigenvalue weighted by atomic mass is 9.97. The molecule has 0 atom stereocenters. The number of non-ortho nitro benzene ring substituents is 1. The van der Waals surface area contributed by atoms with Crippen LogP contribution in [-0.4, -0.2) is 39.1 Å². The van der Waals surface area contributed by atoms with Crippen LogP contribution in [0.3, 0.4) is 0 Å². The van der Waals surface area contributed by atoms with E-state index in [1.165, 1.54) is 12.1 Å². The Labute approximate surface area is 160 Å². The molecular weight excluding hydrogens is 360 g/mol. The minimum absolute atomic E-state index is 0.0108. The maximum absolute atomic E-state index is 11.2. The van der Waals surface area contributed by atoms with Crippen molar-refractivity contribution in [3.63, 3.8) is 0 Å². The largest absolute Gasteiger partial charge is 0.481 e. The molecule has 0 unspecified atom stereocenters. The van der Waals surface area contributed by atoms with Gasteiger partial charge in [0.05, 0.1) is 22.1 Å². The van der Waals surface area contributed by atoms with Crippen LogP contribution in [-0.2, 0) is 4.79 Å². The molecule has 28 heavy (non-hydrogen) atoms. The highest BCUT2D eigenvalue weighted by Crippen LogP contribution is 2.32. The van der Waals surface area contributed by atoms with Crippen LogP contribution in [0.1, 0.15) is 12.8 Å². The molecule has 1 N–H and O–H groups in total. The standard InChI is InChI=1S/C20H18N4O4/c25-19(26)14-8-10-23(11-9-14)20-21-17-7-6-15(24(27)28)12-16(17)18(22-20)13-4-2-1-3-5-13/h1-7,12,14H,8-11H2,(H,25,26). The number of anilines is 1. The molecule has 2 aromatic carbocycles. The Balaban J connectivity index is 1.80. The van der Waals surface area contributed by atoms with Crippen LogP contribution in [0.4, 0.5) is 11.6 Å². The van der Waals surface area contributed by atoms with E-state index in [4.69, 9.17) is 4.98 Å². The first-order chi connectivity index (χ1) is 13.5. The lowest BCUT2D eigenvalue weighted by molar-refractivity contribution is -0.384. The van der Waals surface area contributed by atoms with Crippen LogP contribution in [0.2, 0.25) is 0 Å². The van der Waals surface area contributed by atoms with Crippen molar-refractivity contribution in [3.05, 3.63) is 58.6 Å². The van der Waals surface area contributed by atoms with Crippen molar-refractivity contribution < 1.29 is 14.8 Å². The van der Waals surface area contributed by atoms with E-state index in [0.29, 0.717) is 48.5 Å². The van der Waals surface area contributed by atoms with Gasteiger partial charge in [0.25, 0.3) is 5.69 Å². The van der Waals surface area contributed by atoms with Crippen molar-refractivity contribution in [2.45, 2.75) is 12.8 Å². The van der Waals surface area contributed by atoms with Gasteiger partial charge >= 0.3 is 5.97 Å². The first kappa shape index (κ1) is 17.8. The smallest absolute Gasteiger partial charge is 0.306 e. The molecule has 0 saturated carbocycles. The summed E-state index contributed by atoms with van der Waals surface area (Å²) in [6, 6.07) is 14.0. The molecule has 2 heterocycles. The summed E-state index contributed by atoms with van der Waals surface area (Å²) in [6.45, 7) is 1.12. The number of aromatic nitrogens is 2. The van der Waals surface area contributed by atoms with Gasteiger partial charge in [0.15, 0.2) is 0 Å². The maximum atomic E-state index is 11.2. The summed E-state index contributed by atoms with van der Waals surface area (Å²) in [5.41, 5.74) is 2.08. The van der Waals surface area contributed by atoms with Crippen LogP contribution in [0, 0.1) is 16.0 Å². The van der Waals surface area contributed by atoms with Crippen molar-refractivity contribution in [1.29, 1.82) is 0 Å². The van der Waals surface area contributed by atoms with Crippen LogP contribution in [0.15, 0.2) is 48.5 Å². The van der Waals surface area contributed by atoms with E-state index in [1.54, 1.807) is 6.07 Å². The first-order valence-corrected chi connectivity index (χ1v) is 9.02. The van der Waals surface area contributed by atoms with Gasteiger partial charge in [-0.25, -0.2) is 9.97 Å². The van der Waals surface area contributed by atoms with Gasteiger partial charge < -0.3 is 10.0 Å². The monoisotopic (exact) mass is 378 g/mol. The summed E-state index contributed by atoms with van der Waals surface area (Å²) in [7, 11) is 0. The van der Waals surface area contributed by atoms with Gasteiger partial charge in [0, 0.05) is 36.2 Å². The van der Waals surface area contributed by atoms with E-state index >= 15 is 0 Å². The molecule has 3 aromatic rings. The third-order valence-electron chi connectivity index (χ3n) is 5.05. The molecule has 1 aromatic heterocycles. The number of hydrogen-bond donors (Lipinski definition) is 1. The number of carboxylic acid groups (broad SMARTS) is 1. The fourth-order valence-electron chi connectivity index (χ4n) is 3.50. The molecule has 0 spiro atoms. The van der Waals surface area contributed by atoms with E-state index in [2.05, 4.69) is 4.98 Å². The molecule has 4 rings (SSSR count). The highest BCUT2D eigenvalue weighted by Gasteiger charge is 2.26. The van der Waals surface area contributed by atoms with Gasteiger partial charge in [-0.2, -0.15) is 0 Å². The number of nitro benzene ring substituents is 1. The van der Waals surface area contributed by atoms with Crippen LogP contribution in [0.25, 0.3) is 22.2 Å². The zero-order valence-electron chi connectivity index (χ0n) is 15.0. The molecule has 1 aliphatic rings. The molecule has 1 saturated heterocycles. The predicted molar refractivity (Wildman–Crippen MR) is 104 cm³/mol. The van der Waals surface area contributed by atoms with E-state index in [-0.39, 0.29) is 11.6 Å². The average Bonchev–Trinajstić information content (AvgIpc) is 2.73. The highest BCUT2D eigenvalue weighted by molar-refractivity contribution is 5.94. The molecule has 8 heteroatoms. The van der Waals surface area contributed by atoms with E-state index in [9.17, 15) is 20.0 Å². The summed E-state index contributed by atoms with van der Waals surface area (Å²) in [4.78, 5) is 33.3. The number of piperidine rings is 1. The van der Waals surface area contributed by atoms with Crippen molar-refractivity contribution in [1.82, 2.24) is 9.97 Å². The van der Waals surface area contributed by atoms with E-state index < -0.39 is 10.9 Å². The fourth-order valence-corrected chi connectivity index (χ4v) is 3.50. The van der Waals surface area contributed by atoms with Gasteiger partial charge in [0.2, 0.25) is 5.95 Å².